The summed E-state index contributed by atoms with van der Waals surface area (Å²) in [5.41, 5.74) is 2.57. The van der Waals surface area contributed by atoms with Crippen LogP contribution in [0.25, 0.3) is 21.9 Å². The molecular weight excluding hydrogens is 443 g/mol. The Hall–Kier alpha value is -3.97. The Morgan fingerprint density at radius 3 is 2.52 bits per heavy atom. The lowest BCUT2D eigenvalue weighted by Crippen LogP contribution is -2.25. The Balaban J connectivity index is 1.58. The molecule has 3 aromatic carbocycles. The number of amides is 1. The molecule has 0 aliphatic rings. The molecule has 0 aliphatic heterocycles. The highest BCUT2D eigenvalue weighted by atomic mass is 35.5. The third kappa shape index (κ3) is 3.99. The quantitative estimate of drug-likeness (QED) is 0.408. The minimum atomic E-state index is -0.388. The summed E-state index contributed by atoms with van der Waals surface area (Å²) in [5.74, 6) is -0.731. The molecule has 1 amide bonds. The predicted octanol–water partition coefficient (Wildman–Crippen LogP) is 4.83. The van der Waals surface area contributed by atoms with Crippen molar-refractivity contribution < 1.29 is 9.18 Å². The smallest absolute Gasteiger partial charge is 0.278 e. The van der Waals surface area contributed by atoms with Crippen molar-refractivity contribution in [3.05, 3.63) is 106 Å². The zero-order valence-electron chi connectivity index (χ0n) is 17.3. The molecule has 8 heteroatoms. The predicted molar refractivity (Wildman–Crippen MR) is 127 cm³/mol. The summed E-state index contributed by atoms with van der Waals surface area (Å²) in [5, 5.41) is 4.09. The van der Waals surface area contributed by atoms with Gasteiger partial charge in [0.25, 0.3) is 5.56 Å². The van der Waals surface area contributed by atoms with E-state index in [-0.39, 0.29) is 30.4 Å². The molecule has 6 nitrogen and oxygen atoms in total. The van der Waals surface area contributed by atoms with Crippen molar-refractivity contribution >= 4 is 45.1 Å². The van der Waals surface area contributed by atoms with E-state index in [4.69, 9.17) is 11.6 Å². The molecule has 0 radical (unpaired) electrons. The maximum Gasteiger partial charge on any atom is 0.278 e. The maximum atomic E-state index is 13.5. The molecule has 0 atom stereocenters. The summed E-state index contributed by atoms with van der Waals surface area (Å²) in [7, 11) is 0. The topological polar surface area (TPSA) is 68.9 Å². The molecule has 2 heterocycles. The second kappa shape index (κ2) is 8.52. The van der Waals surface area contributed by atoms with E-state index in [2.05, 4.69) is 10.3 Å². The molecule has 5 rings (SSSR count). The van der Waals surface area contributed by atoms with Crippen molar-refractivity contribution in [2.45, 2.75) is 13.1 Å². The van der Waals surface area contributed by atoms with Gasteiger partial charge in [-0.3, -0.25) is 14.2 Å². The second-order valence-electron chi connectivity index (χ2n) is 7.62. The van der Waals surface area contributed by atoms with Crippen LogP contribution < -0.4 is 10.9 Å². The van der Waals surface area contributed by atoms with Crippen LogP contribution >= 0.6 is 11.6 Å². The second-order valence-corrected chi connectivity index (χ2v) is 8.03. The number of rotatable bonds is 5. The van der Waals surface area contributed by atoms with Gasteiger partial charge in [-0.1, -0.05) is 48.0 Å². The standard InChI is InChI=1S/C25H18ClFN4O2/c26-20-7-3-1-5-16(20)13-30-15-28-23-19-6-2-4-8-21(19)31(24(23)25(30)33)14-22(32)29-18-11-9-17(27)10-12-18/h1-12,15H,13-14H2,(H,29,32). The molecule has 5 aromatic rings. The van der Waals surface area contributed by atoms with Crippen LogP contribution in [0.5, 0.6) is 0 Å². The first kappa shape index (κ1) is 20.9. The summed E-state index contributed by atoms with van der Waals surface area (Å²) in [6.45, 7) is 0.152. The van der Waals surface area contributed by atoms with Crippen LogP contribution in [0.3, 0.4) is 0 Å². The van der Waals surface area contributed by atoms with Crippen LogP contribution in [0.4, 0.5) is 10.1 Å². The number of benzene rings is 3. The fourth-order valence-corrected chi connectivity index (χ4v) is 4.11. The van der Waals surface area contributed by atoms with Crippen LogP contribution in [0.1, 0.15) is 5.56 Å². The molecular formula is C25H18ClFN4O2. The number of hydrogen-bond acceptors (Lipinski definition) is 3. The van der Waals surface area contributed by atoms with E-state index in [0.29, 0.717) is 21.7 Å². The molecule has 164 valence electrons. The number of hydrogen-bond donors (Lipinski definition) is 1. The summed E-state index contributed by atoms with van der Waals surface area (Å²) in [4.78, 5) is 30.9. The molecule has 1 N–H and O–H groups in total. The molecule has 0 aliphatic carbocycles. The van der Waals surface area contributed by atoms with Gasteiger partial charge in [-0.2, -0.15) is 0 Å². The number of carbonyl (C=O) groups excluding carboxylic acids is 1. The fourth-order valence-electron chi connectivity index (χ4n) is 3.91. The van der Waals surface area contributed by atoms with Crippen LogP contribution in [0, 0.1) is 5.82 Å². The van der Waals surface area contributed by atoms with Gasteiger partial charge in [0.05, 0.1) is 18.4 Å². The number of aromatic nitrogens is 3. The first-order valence-corrected chi connectivity index (χ1v) is 10.6. The van der Waals surface area contributed by atoms with Gasteiger partial charge in [-0.25, -0.2) is 9.37 Å². The molecule has 0 saturated carbocycles. The summed E-state index contributed by atoms with van der Waals surface area (Å²) >= 11 is 6.28. The van der Waals surface area contributed by atoms with Gasteiger partial charge in [0.2, 0.25) is 5.91 Å². The molecule has 33 heavy (non-hydrogen) atoms. The van der Waals surface area contributed by atoms with Crippen molar-refractivity contribution in [3.63, 3.8) is 0 Å². The Bertz CT molecular complexity index is 1560. The van der Waals surface area contributed by atoms with E-state index in [1.807, 2.05) is 42.5 Å². The molecule has 0 spiro atoms. The Morgan fingerprint density at radius 1 is 1.00 bits per heavy atom. The first-order valence-electron chi connectivity index (χ1n) is 10.3. The Kier molecular flexibility index (Phi) is 5.40. The molecule has 0 bridgehead atoms. The lowest BCUT2D eigenvalue weighted by atomic mass is 10.2. The fraction of sp³-hybridized carbons (Fsp3) is 0.0800. The zero-order chi connectivity index (χ0) is 22.9. The number of carbonyl (C=O) groups is 1. The van der Waals surface area contributed by atoms with Crippen LogP contribution in [-0.2, 0) is 17.9 Å². The summed E-state index contributed by atoms with van der Waals surface area (Å²) in [6.07, 6.45) is 1.50. The van der Waals surface area contributed by atoms with Gasteiger partial charge in [-0.15, -0.1) is 0 Å². The number of halogens is 2. The highest BCUT2D eigenvalue weighted by Crippen LogP contribution is 2.25. The van der Waals surface area contributed by atoms with Gasteiger partial charge in [0.15, 0.2) is 0 Å². The van der Waals surface area contributed by atoms with Crippen LogP contribution in [0.2, 0.25) is 5.02 Å². The van der Waals surface area contributed by atoms with Crippen LogP contribution in [0.15, 0.2) is 83.9 Å². The number of fused-ring (bicyclic) bond motifs is 3. The monoisotopic (exact) mass is 460 g/mol. The largest absolute Gasteiger partial charge is 0.325 e. The average Bonchev–Trinajstić information content (AvgIpc) is 3.13. The van der Waals surface area contributed by atoms with Crippen LogP contribution in [-0.4, -0.2) is 20.0 Å². The Morgan fingerprint density at radius 2 is 1.73 bits per heavy atom. The molecule has 0 unspecified atom stereocenters. The van der Waals surface area contributed by atoms with E-state index in [0.717, 1.165) is 16.5 Å². The van der Waals surface area contributed by atoms with E-state index in [9.17, 15) is 14.0 Å². The van der Waals surface area contributed by atoms with Crippen molar-refractivity contribution in [1.29, 1.82) is 0 Å². The van der Waals surface area contributed by atoms with Crippen molar-refractivity contribution in [1.82, 2.24) is 14.1 Å². The number of nitrogens with zero attached hydrogens (tertiary/aromatic N) is 3. The summed E-state index contributed by atoms with van der Waals surface area (Å²) in [6, 6.07) is 20.2. The van der Waals surface area contributed by atoms with E-state index < -0.39 is 0 Å². The number of nitrogens with one attached hydrogen (secondary N) is 1. The third-order valence-corrected chi connectivity index (χ3v) is 5.83. The number of anilines is 1. The van der Waals surface area contributed by atoms with Gasteiger partial charge < -0.3 is 9.88 Å². The lowest BCUT2D eigenvalue weighted by molar-refractivity contribution is -0.116. The average molecular weight is 461 g/mol. The van der Waals surface area contributed by atoms with Gasteiger partial charge in [0, 0.05) is 16.1 Å². The number of para-hydroxylation sites is 1. The minimum absolute atomic E-state index is 0.103. The van der Waals surface area contributed by atoms with Gasteiger partial charge in [0.1, 0.15) is 23.4 Å². The van der Waals surface area contributed by atoms with Crippen molar-refractivity contribution in [2.75, 3.05) is 5.32 Å². The molecule has 0 fully saturated rings. The van der Waals surface area contributed by atoms with E-state index in [1.165, 1.54) is 35.2 Å². The van der Waals surface area contributed by atoms with Crippen molar-refractivity contribution in [3.8, 4) is 0 Å². The van der Waals surface area contributed by atoms with E-state index in [1.54, 1.807) is 10.6 Å². The highest BCUT2D eigenvalue weighted by Gasteiger charge is 2.18. The van der Waals surface area contributed by atoms with E-state index >= 15 is 0 Å². The SMILES string of the molecule is O=C(Cn1c2ccccc2c2ncn(Cc3ccccc3Cl)c(=O)c21)Nc1ccc(F)cc1. The van der Waals surface area contributed by atoms with Gasteiger partial charge >= 0.3 is 0 Å². The Labute approximate surface area is 192 Å². The third-order valence-electron chi connectivity index (χ3n) is 5.46. The highest BCUT2D eigenvalue weighted by molar-refractivity contribution is 6.31. The normalized spacial score (nSPS) is 11.2. The molecule has 2 aromatic heterocycles. The zero-order valence-corrected chi connectivity index (χ0v) is 18.1. The molecule has 0 saturated heterocycles. The van der Waals surface area contributed by atoms with Gasteiger partial charge in [-0.05, 0) is 42.0 Å². The minimum Gasteiger partial charge on any atom is -0.325 e. The summed E-state index contributed by atoms with van der Waals surface area (Å²) < 4.78 is 16.3. The maximum absolute atomic E-state index is 13.5. The first-order chi connectivity index (χ1) is 16.0. The van der Waals surface area contributed by atoms with Crippen molar-refractivity contribution in [2.24, 2.45) is 0 Å². The lowest BCUT2D eigenvalue weighted by Gasteiger charge is -2.10.